The van der Waals surface area contributed by atoms with Gasteiger partial charge < -0.3 is 29.9 Å². The largest absolute Gasteiger partial charge is 0.497 e. The van der Waals surface area contributed by atoms with Gasteiger partial charge >= 0.3 is 18.1 Å². The van der Waals surface area contributed by atoms with E-state index in [0.717, 1.165) is 106 Å². The first-order valence-corrected chi connectivity index (χ1v) is 29.9. The molecule has 11 rings (SSSR count). The average molecular weight is 1140 g/mol. The summed E-state index contributed by atoms with van der Waals surface area (Å²) in [5.41, 5.74) is 5.17. The Morgan fingerprint density at radius 1 is 0.452 bits per heavy atom. The number of hydrogen-bond acceptors (Lipinski definition) is 10. The summed E-state index contributed by atoms with van der Waals surface area (Å²) in [5.74, 6) is 1.31. The molecule has 84 heavy (non-hydrogen) atoms. The van der Waals surface area contributed by atoms with E-state index >= 15 is 0 Å². The minimum absolute atomic E-state index is 0.0272. The highest BCUT2D eigenvalue weighted by atomic mass is 16.5. The van der Waals surface area contributed by atoms with Crippen molar-refractivity contribution in [2.45, 2.75) is 137 Å². The summed E-state index contributed by atoms with van der Waals surface area (Å²) in [5, 5.41) is 6.19. The fourth-order valence-corrected chi connectivity index (χ4v) is 15.0. The second kappa shape index (κ2) is 25.1. The zero-order valence-corrected chi connectivity index (χ0v) is 51.3. The summed E-state index contributed by atoms with van der Waals surface area (Å²) in [4.78, 5) is 76.4. The highest BCUT2D eigenvalue weighted by Gasteiger charge is 2.57. The van der Waals surface area contributed by atoms with Crippen molar-refractivity contribution in [3.05, 3.63) is 167 Å². The van der Waals surface area contributed by atoms with Crippen LogP contribution in [0, 0.1) is 0 Å². The molecule has 3 aliphatic carbocycles. The minimum atomic E-state index is -0.441. The Bertz CT molecular complexity index is 3060. The smallest absolute Gasteiger partial charge is 0.327 e. The Kier molecular flexibility index (Phi) is 18.3. The van der Waals surface area contributed by atoms with Gasteiger partial charge in [0, 0.05) is 63.2 Å². The molecule has 0 unspecified atom stereocenters. The molecule has 3 spiro atoms. The van der Waals surface area contributed by atoms with Gasteiger partial charge in [0.2, 0.25) is 11.8 Å². The zero-order chi connectivity index (χ0) is 60.1. The van der Waals surface area contributed by atoms with Crippen LogP contribution in [0.2, 0.25) is 0 Å². The molecule has 0 atom stereocenters. The molecule has 3 aliphatic heterocycles. The Hall–Kier alpha value is -7.27. The normalized spacial score (nSPS) is 27.4. The van der Waals surface area contributed by atoms with Gasteiger partial charge in [-0.25, -0.2) is 14.4 Å². The van der Waals surface area contributed by atoms with Crippen molar-refractivity contribution in [2.24, 2.45) is 0 Å². The third-order valence-electron chi connectivity index (χ3n) is 20.1. The van der Waals surface area contributed by atoms with E-state index in [4.69, 9.17) is 9.47 Å². The lowest BCUT2D eigenvalue weighted by Gasteiger charge is -2.50. The van der Waals surface area contributed by atoms with E-state index in [0.29, 0.717) is 26.2 Å². The van der Waals surface area contributed by atoms with Crippen molar-refractivity contribution in [1.82, 2.24) is 44.9 Å². The van der Waals surface area contributed by atoms with E-state index in [2.05, 4.69) is 146 Å². The standard InChI is InChI=1S/C26H33N3O3.C24H31N3O2.C18H25N3O2/c1-20(30)29-24(31)28(18-21-10-12-23(32-4)13-11-21)19-25(29)14-16-26(17-15-25,27(2)3)22-8-6-5-7-9-22;1-26(2)24(20-7-5-4-6-8-20)15-13-23(14-16-24)18-27(22(28)25-23)17-19-9-11-21(29-3)12-10-19;1-14(22)21-16(23)19-13-17(21)9-11-18(12-10-17,20(2)3)15-7-5-4-6-8-15/h5-13H,14-19H2,1-4H3;4-12H,13-18H2,1-3H3,(H,25,28);4-8H,9-13H2,1-3H3,(H,19,23). The van der Waals surface area contributed by atoms with Crippen molar-refractivity contribution in [3.63, 3.8) is 0 Å². The van der Waals surface area contributed by atoms with E-state index in [9.17, 15) is 24.0 Å². The second-order valence-electron chi connectivity index (χ2n) is 25.1. The van der Waals surface area contributed by atoms with E-state index in [-0.39, 0.29) is 57.6 Å². The quantitative estimate of drug-likeness (QED) is 0.124. The highest BCUT2D eigenvalue weighted by Crippen LogP contribution is 2.51. The number of urea groups is 3. The van der Waals surface area contributed by atoms with Crippen molar-refractivity contribution >= 4 is 29.9 Å². The van der Waals surface area contributed by atoms with E-state index in [1.807, 2.05) is 70.5 Å². The van der Waals surface area contributed by atoms with Crippen molar-refractivity contribution in [2.75, 3.05) is 76.1 Å². The predicted octanol–water partition coefficient (Wildman–Crippen LogP) is 10.6. The first-order valence-electron chi connectivity index (χ1n) is 29.9. The summed E-state index contributed by atoms with van der Waals surface area (Å²) >= 11 is 0. The van der Waals surface area contributed by atoms with Crippen molar-refractivity contribution in [3.8, 4) is 11.5 Å². The molecule has 0 radical (unpaired) electrons. The predicted molar refractivity (Wildman–Crippen MR) is 328 cm³/mol. The molecule has 3 heterocycles. The van der Waals surface area contributed by atoms with E-state index < -0.39 is 5.54 Å². The molecule has 5 aromatic rings. The first kappa shape index (κ1) is 61.3. The lowest BCUT2D eigenvalue weighted by Crippen LogP contribution is -2.56. The van der Waals surface area contributed by atoms with Gasteiger partial charge in [-0.05, 0) is 171 Å². The molecule has 6 fully saturated rings. The number of benzene rings is 5. The van der Waals surface area contributed by atoms with Crippen molar-refractivity contribution < 1.29 is 33.4 Å². The molecule has 3 saturated carbocycles. The summed E-state index contributed by atoms with van der Waals surface area (Å²) in [6.07, 6.45) is 11.0. The van der Waals surface area contributed by atoms with Crippen LogP contribution in [0.15, 0.2) is 140 Å². The van der Waals surface area contributed by atoms with Gasteiger partial charge in [0.1, 0.15) is 11.5 Å². The Balaban J connectivity index is 0.000000153. The third kappa shape index (κ3) is 12.0. The maximum atomic E-state index is 13.3. The number of imide groups is 2. The summed E-state index contributed by atoms with van der Waals surface area (Å²) in [6.45, 7) is 6.05. The van der Waals surface area contributed by atoms with Gasteiger partial charge in [-0.15, -0.1) is 0 Å². The topological polar surface area (TPSA) is 151 Å². The third-order valence-corrected chi connectivity index (χ3v) is 20.1. The number of methoxy groups -OCH3 is 2. The van der Waals surface area contributed by atoms with Crippen LogP contribution in [0.3, 0.4) is 0 Å². The number of ether oxygens (including phenoxy) is 2. The molecule has 2 N–H and O–H groups in total. The Morgan fingerprint density at radius 2 is 0.821 bits per heavy atom. The van der Waals surface area contributed by atoms with Gasteiger partial charge in [0.05, 0.1) is 30.8 Å². The number of hydrogen-bond donors (Lipinski definition) is 2. The molecular weight excluding hydrogens is 1050 g/mol. The lowest BCUT2D eigenvalue weighted by molar-refractivity contribution is -0.132. The van der Waals surface area contributed by atoms with Crippen LogP contribution >= 0.6 is 0 Å². The molecule has 448 valence electrons. The van der Waals surface area contributed by atoms with E-state index in [1.54, 1.807) is 19.1 Å². The highest BCUT2D eigenvalue weighted by molar-refractivity contribution is 5.97. The fraction of sp³-hybridized carbons (Fsp3) is 0.485. The van der Waals surface area contributed by atoms with Crippen LogP contribution in [0.1, 0.15) is 119 Å². The average Bonchev–Trinajstić information content (AvgIpc) is 3.86. The van der Waals surface area contributed by atoms with Crippen LogP contribution in [0.4, 0.5) is 14.4 Å². The second-order valence-corrected chi connectivity index (χ2v) is 25.1. The molecule has 16 heteroatoms. The van der Waals surface area contributed by atoms with Crippen molar-refractivity contribution in [1.29, 1.82) is 0 Å². The number of carbonyl (C=O) groups is 5. The molecule has 0 aromatic heterocycles. The number of nitrogens with zero attached hydrogens (tertiary/aromatic N) is 7. The Labute approximate surface area is 498 Å². The van der Waals surface area contributed by atoms with Crippen LogP contribution < -0.4 is 20.1 Å². The monoisotopic (exact) mass is 1140 g/mol. The zero-order valence-electron chi connectivity index (χ0n) is 51.3. The number of rotatable bonds is 12. The Morgan fingerprint density at radius 3 is 1.19 bits per heavy atom. The lowest BCUT2D eigenvalue weighted by atomic mass is 9.68. The van der Waals surface area contributed by atoms with Crippen LogP contribution in [-0.4, -0.2) is 157 Å². The molecule has 16 nitrogen and oxygen atoms in total. The summed E-state index contributed by atoms with van der Waals surface area (Å²) in [6, 6.07) is 47.3. The summed E-state index contributed by atoms with van der Waals surface area (Å²) in [7, 11) is 16.1. The fourth-order valence-electron chi connectivity index (χ4n) is 15.0. The van der Waals surface area contributed by atoms with Crippen LogP contribution in [0.25, 0.3) is 0 Å². The number of nitrogens with one attached hydrogen (secondary N) is 2. The SMILES string of the molecule is CC(=O)N1C(=O)NCC12CCC(c1ccccc1)(N(C)C)CC2.COc1ccc(CN2CC3(CCC(c4ccccc4)(N(C)C)CC3)N(C(C)=O)C2=O)cc1.COc1ccc(CN2CC3(CCC(c4ccccc4)(N(C)C)CC3)NC2=O)cc1. The molecule has 8 amide bonds. The van der Waals surface area contributed by atoms with Gasteiger partial charge in [-0.3, -0.25) is 34.1 Å². The minimum Gasteiger partial charge on any atom is -0.497 e. The molecule has 5 aromatic carbocycles. The number of amides is 8. The molecule has 3 saturated heterocycles. The van der Waals surface area contributed by atoms with Gasteiger partial charge in [0.25, 0.3) is 0 Å². The maximum absolute atomic E-state index is 13.3. The summed E-state index contributed by atoms with van der Waals surface area (Å²) < 4.78 is 10.5. The molecule has 6 aliphatic rings. The van der Waals surface area contributed by atoms with Gasteiger partial charge in [-0.2, -0.15) is 0 Å². The first-order chi connectivity index (χ1) is 40.2. The van der Waals surface area contributed by atoms with Gasteiger partial charge in [-0.1, -0.05) is 115 Å². The van der Waals surface area contributed by atoms with Crippen LogP contribution in [-0.2, 0) is 39.3 Å². The molecular formula is C68H89N9O7. The molecule has 0 bridgehead atoms. The maximum Gasteiger partial charge on any atom is 0.327 e. The van der Waals surface area contributed by atoms with Crippen LogP contribution in [0.5, 0.6) is 11.5 Å². The van der Waals surface area contributed by atoms with Gasteiger partial charge in [0.15, 0.2) is 0 Å². The van der Waals surface area contributed by atoms with E-state index in [1.165, 1.54) is 35.4 Å². The number of carbonyl (C=O) groups excluding carboxylic acids is 5.